The molecule has 0 bridgehead atoms. The molecule has 3 nitrogen and oxygen atoms in total. The van der Waals surface area contributed by atoms with Crippen molar-refractivity contribution in [1.29, 1.82) is 0 Å². The summed E-state index contributed by atoms with van der Waals surface area (Å²) in [6.07, 6.45) is 1.45. The molecule has 0 N–H and O–H groups in total. The van der Waals surface area contributed by atoms with Gasteiger partial charge >= 0.3 is 0 Å². The molecule has 0 saturated heterocycles. The lowest BCUT2D eigenvalue weighted by Crippen LogP contribution is -2.05. The van der Waals surface area contributed by atoms with Gasteiger partial charge in [0.15, 0.2) is 0 Å². The average Bonchev–Trinajstić information content (AvgIpc) is 2.59. The zero-order valence-electron chi connectivity index (χ0n) is 8.75. The summed E-state index contributed by atoms with van der Waals surface area (Å²) in [5.41, 5.74) is 1.15. The van der Waals surface area contributed by atoms with Gasteiger partial charge in [-0.25, -0.2) is 4.68 Å². The second-order valence-corrected chi connectivity index (χ2v) is 4.73. The second-order valence-electron chi connectivity index (χ2n) is 3.45. The zero-order valence-corrected chi connectivity index (χ0v) is 11.0. The smallest absolute Gasteiger partial charge is 0.243 e. The number of hydrogen-bond acceptors (Lipinski definition) is 2. The molecule has 0 atom stereocenters. The molecule has 88 valence electrons. The molecule has 0 saturated carbocycles. The Kier molecular flexibility index (Phi) is 3.43. The molecule has 1 aromatic heterocycles. The Labute approximate surface area is 113 Å². The number of aromatic nitrogens is 2. The number of nitrogens with zero attached hydrogens (tertiary/aromatic N) is 2. The van der Waals surface area contributed by atoms with Crippen LogP contribution in [0.1, 0.15) is 11.7 Å². The van der Waals surface area contributed by atoms with Crippen LogP contribution in [0.15, 0.2) is 24.4 Å². The van der Waals surface area contributed by atoms with E-state index in [9.17, 15) is 4.79 Å². The molecule has 6 heteroatoms. The van der Waals surface area contributed by atoms with Gasteiger partial charge in [-0.3, -0.25) is 4.79 Å². The lowest BCUT2D eigenvalue weighted by Gasteiger charge is -2.00. The van der Waals surface area contributed by atoms with Gasteiger partial charge in [-0.05, 0) is 18.2 Å². The van der Waals surface area contributed by atoms with Crippen LogP contribution in [0.25, 0.3) is 11.3 Å². The fraction of sp³-hybridized carbons (Fsp3) is 0.0909. The van der Waals surface area contributed by atoms with Crippen molar-refractivity contribution in [2.45, 2.75) is 6.92 Å². The predicted molar refractivity (Wildman–Crippen MR) is 69.0 cm³/mol. The van der Waals surface area contributed by atoms with E-state index in [2.05, 4.69) is 5.10 Å². The monoisotopic (exact) mass is 288 g/mol. The molecule has 1 heterocycles. The number of benzene rings is 1. The summed E-state index contributed by atoms with van der Waals surface area (Å²) in [4.78, 5) is 11.2. The molecule has 1 aromatic carbocycles. The highest BCUT2D eigenvalue weighted by Gasteiger charge is 2.12. The first-order valence-electron chi connectivity index (χ1n) is 4.70. The Bertz CT molecular complexity index is 572. The predicted octanol–water partition coefficient (Wildman–Crippen LogP) is 4.17. The van der Waals surface area contributed by atoms with Crippen molar-refractivity contribution in [2.24, 2.45) is 0 Å². The van der Waals surface area contributed by atoms with E-state index >= 15 is 0 Å². The summed E-state index contributed by atoms with van der Waals surface area (Å²) in [5.74, 6) is -0.216. The van der Waals surface area contributed by atoms with Crippen LogP contribution in [0.2, 0.25) is 15.1 Å². The minimum Gasteiger partial charge on any atom is -0.273 e. The molecule has 0 unspecified atom stereocenters. The Morgan fingerprint density at radius 1 is 1.18 bits per heavy atom. The van der Waals surface area contributed by atoms with E-state index in [0.717, 1.165) is 0 Å². The first-order valence-corrected chi connectivity index (χ1v) is 5.83. The van der Waals surface area contributed by atoms with E-state index in [1.54, 1.807) is 18.2 Å². The Balaban J connectivity index is 2.56. The van der Waals surface area contributed by atoms with Crippen LogP contribution in [0.3, 0.4) is 0 Å². The molecule has 0 fully saturated rings. The van der Waals surface area contributed by atoms with E-state index < -0.39 is 0 Å². The van der Waals surface area contributed by atoms with E-state index in [1.807, 2.05) is 0 Å². The molecule has 0 aliphatic heterocycles. The minimum atomic E-state index is -0.216. The third kappa shape index (κ3) is 2.63. The second kappa shape index (κ2) is 4.69. The normalized spacial score (nSPS) is 10.6. The third-order valence-electron chi connectivity index (χ3n) is 2.13. The lowest BCUT2D eigenvalue weighted by atomic mass is 10.1. The first-order chi connectivity index (χ1) is 7.97. The Hall–Kier alpha value is -1.03. The fourth-order valence-electron chi connectivity index (χ4n) is 1.40. The highest BCUT2D eigenvalue weighted by Crippen LogP contribution is 2.30. The largest absolute Gasteiger partial charge is 0.273 e. The van der Waals surface area contributed by atoms with Gasteiger partial charge in [0.25, 0.3) is 0 Å². The van der Waals surface area contributed by atoms with Crippen molar-refractivity contribution < 1.29 is 4.79 Å². The topological polar surface area (TPSA) is 34.9 Å². The summed E-state index contributed by atoms with van der Waals surface area (Å²) >= 11 is 17.8. The molecule has 0 amide bonds. The van der Waals surface area contributed by atoms with Crippen LogP contribution < -0.4 is 0 Å². The maximum Gasteiger partial charge on any atom is 0.243 e. The van der Waals surface area contributed by atoms with Crippen LogP contribution in [-0.4, -0.2) is 15.7 Å². The summed E-state index contributed by atoms with van der Waals surface area (Å²) in [6.45, 7) is 1.40. The molecular formula is C11H7Cl3N2O. The van der Waals surface area contributed by atoms with Crippen molar-refractivity contribution in [3.05, 3.63) is 39.5 Å². The maximum atomic E-state index is 11.2. The van der Waals surface area contributed by atoms with Crippen molar-refractivity contribution in [1.82, 2.24) is 9.78 Å². The Morgan fingerprint density at radius 2 is 1.76 bits per heavy atom. The van der Waals surface area contributed by atoms with Gasteiger partial charge in [-0.1, -0.05) is 34.8 Å². The van der Waals surface area contributed by atoms with Crippen LogP contribution in [0, 0.1) is 0 Å². The van der Waals surface area contributed by atoms with Gasteiger partial charge < -0.3 is 0 Å². The van der Waals surface area contributed by atoms with Crippen LogP contribution in [-0.2, 0) is 0 Å². The molecule has 2 aromatic rings. The first kappa shape index (κ1) is 12.4. The SMILES string of the molecule is CC(=O)n1cc(Cl)c(-c2cc(Cl)cc(Cl)c2)n1. The highest BCUT2D eigenvalue weighted by atomic mass is 35.5. The molecule has 2 rings (SSSR count). The van der Waals surface area contributed by atoms with Gasteiger partial charge in [0.2, 0.25) is 5.91 Å². The van der Waals surface area contributed by atoms with E-state index in [1.165, 1.54) is 17.8 Å². The summed E-state index contributed by atoms with van der Waals surface area (Å²) in [6, 6.07) is 4.99. The van der Waals surface area contributed by atoms with Crippen molar-refractivity contribution in [3.63, 3.8) is 0 Å². The third-order valence-corrected chi connectivity index (χ3v) is 2.84. The highest BCUT2D eigenvalue weighted by molar-refractivity contribution is 6.36. The van der Waals surface area contributed by atoms with Crippen molar-refractivity contribution >= 4 is 40.7 Å². The number of carbonyl (C=O) groups is 1. The molecule has 17 heavy (non-hydrogen) atoms. The fourth-order valence-corrected chi connectivity index (χ4v) is 2.17. The molecular weight excluding hydrogens is 282 g/mol. The van der Waals surface area contributed by atoms with E-state index in [0.29, 0.717) is 26.3 Å². The van der Waals surface area contributed by atoms with Crippen LogP contribution in [0.5, 0.6) is 0 Å². The molecule has 0 radical (unpaired) electrons. The van der Waals surface area contributed by atoms with E-state index in [4.69, 9.17) is 34.8 Å². The van der Waals surface area contributed by atoms with Crippen LogP contribution in [0.4, 0.5) is 0 Å². The van der Waals surface area contributed by atoms with Crippen molar-refractivity contribution in [3.8, 4) is 11.3 Å². The van der Waals surface area contributed by atoms with Crippen molar-refractivity contribution in [2.75, 3.05) is 0 Å². The number of halogens is 3. The molecule has 0 spiro atoms. The lowest BCUT2D eigenvalue weighted by molar-refractivity contribution is 0.0921. The van der Waals surface area contributed by atoms with Crippen LogP contribution >= 0.6 is 34.8 Å². The average molecular weight is 290 g/mol. The Morgan fingerprint density at radius 3 is 2.24 bits per heavy atom. The number of carbonyl (C=O) groups excluding carboxylic acids is 1. The van der Waals surface area contributed by atoms with Gasteiger partial charge in [0, 0.05) is 22.5 Å². The van der Waals surface area contributed by atoms with Gasteiger partial charge in [-0.15, -0.1) is 0 Å². The molecule has 0 aliphatic rings. The summed E-state index contributed by atoms with van der Waals surface area (Å²) in [5, 5.41) is 5.43. The zero-order chi connectivity index (χ0) is 12.6. The maximum absolute atomic E-state index is 11.2. The standard InChI is InChI=1S/C11H7Cl3N2O/c1-6(17)16-5-10(14)11(15-16)7-2-8(12)4-9(13)3-7/h2-5H,1H3. The number of hydrogen-bond donors (Lipinski definition) is 0. The van der Waals surface area contributed by atoms with E-state index in [-0.39, 0.29) is 5.91 Å². The van der Waals surface area contributed by atoms with Gasteiger partial charge in [0.1, 0.15) is 5.69 Å². The quantitative estimate of drug-likeness (QED) is 0.789. The van der Waals surface area contributed by atoms with Gasteiger partial charge in [0.05, 0.1) is 11.2 Å². The summed E-state index contributed by atoms with van der Waals surface area (Å²) in [7, 11) is 0. The minimum absolute atomic E-state index is 0.216. The number of rotatable bonds is 1. The molecule has 0 aliphatic carbocycles. The van der Waals surface area contributed by atoms with Gasteiger partial charge in [-0.2, -0.15) is 5.10 Å². The summed E-state index contributed by atoms with van der Waals surface area (Å²) < 4.78 is 1.17.